The van der Waals surface area contributed by atoms with Crippen molar-refractivity contribution in [2.75, 3.05) is 13.2 Å². The minimum atomic E-state index is 0.534. The molecule has 0 unspecified atom stereocenters. The van der Waals surface area contributed by atoms with E-state index in [1.807, 2.05) is 0 Å². The van der Waals surface area contributed by atoms with Gasteiger partial charge in [-0.1, -0.05) is 135 Å². The minimum Gasteiger partial charge on any atom is -0.381 e. The van der Waals surface area contributed by atoms with Gasteiger partial charge in [0, 0.05) is 13.2 Å². The Morgan fingerprint density at radius 2 is 1.03 bits per heavy atom. The fourth-order valence-electron chi connectivity index (χ4n) is 4.43. The van der Waals surface area contributed by atoms with E-state index in [2.05, 4.69) is 51.1 Å². The Morgan fingerprint density at radius 1 is 0.581 bits per heavy atom. The van der Waals surface area contributed by atoms with Crippen LogP contribution in [0.25, 0.3) is 0 Å². The highest BCUT2D eigenvalue weighted by molar-refractivity contribution is 5.14. The number of hydrogen-bond donors (Lipinski definition) is 0. The molecule has 0 N–H and O–H groups in total. The molecule has 0 aromatic heterocycles. The zero-order valence-corrected chi connectivity index (χ0v) is 21.4. The van der Waals surface area contributed by atoms with Crippen molar-refractivity contribution in [3.63, 3.8) is 0 Å². The van der Waals surface area contributed by atoms with Crippen LogP contribution in [0, 0.1) is 5.41 Å². The van der Waals surface area contributed by atoms with Gasteiger partial charge in [0.1, 0.15) is 0 Å². The van der Waals surface area contributed by atoms with Crippen molar-refractivity contribution in [1.29, 1.82) is 0 Å². The summed E-state index contributed by atoms with van der Waals surface area (Å²) in [5.41, 5.74) is 2.03. The van der Waals surface area contributed by atoms with Gasteiger partial charge in [0.05, 0.1) is 0 Å². The number of hydrogen-bond acceptors (Lipinski definition) is 1. The molecule has 0 bridgehead atoms. The third kappa shape index (κ3) is 16.5. The summed E-state index contributed by atoms with van der Waals surface area (Å²) in [6, 6.07) is 10.9. The minimum absolute atomic E-state index is 0.534. The van der Waals surface area contributed by atoms with Gasteiger partial charge >= 0.3 is 0 Å². The average molecular weight is 431 g/mol. The maximum absolute atomic E-state index is 5.85. The molecule has 1 aromatic rings. The lowest BCUT2D eigenvalue weighted by molar-refractivity contribution is 0.113. The molecule has 1 rings (SSSR count). The van der Waals surface area contributed by atoms with Gasteiger partial charge in [-0.15, -0.1) is 0 Å². The predicted octanol–water partition coefficient (Wildman–Crippen LogP) is 9.92. The van der Waals surface area contributed by atoms with Gasteiger partial charge in [-0.2, -0.15) is 0 Å². The molecule has 0 atom stereocenters. The number of rotatable bonds is 22. The van der Waals surface area contributed by atoms with Crippen LogP contribution in [0.2, 0.25) is 0 Å². The fourth-order valence-corrected chi connectivity index (χ4v) is 4.43. The van der Waals surface area contributed by atoms with Crippen molar-refractivity contribution in [3.05, 3.63) is 35.9 Å². The maximum Gasteiger partial charge on any atom is 0.0466 e. The summed E-state index contributed by atoms with van der Waals surface area (Å²) in [6.45, 7) is 8.99. The zero-order chi connectivity index (χ0) is 22.5. The summed E-state index contributed by atoms with van der Waals surface area (Å²) >= 11 is 0. The summed E-state index contributed by atoms with van der Waals surface area (Å²) in [5.74, 6) is 0. The van der Waals surface area contributed by atoms with E-state index in [9.17, 15) is 0 Å². The Labute approximate surface area is 195 Å². The van der Waals surface area contributed by atoms with Gasteiger partial charge in [0.2, 0.25) is 0 Å². The summed E-state index contributed by atoms with van der Waals surface area (Å²) in [6.07, 6.45) is 24.6. The molecular formula is C30H54O. The molecule has 0 aliphatic carbocycles. The van der Waals surface area contributed by atoms with Crippen LogP contribution >= 0.6 is 0 Å². The van der Waals surface area contributed by atoms with E-state index in [0.717, 1.165) is 13.2 Å². The molecule has 0 fully saturated rings. The molecule has 0 amide bonds. The lowest BCUT2D eigenvalue weighted by atomic mass is 9.80. The first-order valence-electron chi connectivity index (χ1n) is 13.8. The molecular weight excluding hydrogens is 376 g/mol. The second-order valence-corrected chi connectivity index (χ2v) is 10.1. The molecule has 1 heteroatoms. The van der Waals surface area contributed by atoms with Crippen molar-refractivity contribution in [3.8, 4) is 0 Å². The molecule has 31 heavy (non-hydrogen) atoms. The van der Waals surface area contributed by atoms with E-state index in [1.54, 1.807) is 0 Å². The first-order chi connectivity index (χ1) is 15.2. The maximum atomic E-state index is 5.85. The highest BCUT2D eigenvalue weighted by atomic mass is 16.5. The molecule has 0 saturated heterocycles. The first kappa shape index (κ1) is 28.2. The van der Waals surface area contributed by atoms with E-state index >= 15 is 0 Å². The summed E-state index contributed by atoms with van der Waals surface area (Å²) in [7, 11) is 0. The van der Waals surface area contributed by atoms with E-state index < -0.39 is 0 Å². The Morgan fingerprint density at radius 3 is 1.55 bits per heavy atom. The molecule has 0 radical (unpaired) electrons. The van der Waals surface area contributed by atoms with Gasteiger partial charge in [-0.25, -0.2) is 0 Å². The van der Waals surface area contributed by atoms with Gasteiger partial charge in [0.25, 0.3) is 0 Å². The van der Waals surface area contributed by atoms with Crippen molar-refractivity contribution in [1.82, 2.24) is 0 Å². The lowest BCUT2D eigenvalue weighted by Crippen LogP contribution is -2.14. The molecule has 0 aliphatic rings. The highest BCUT2D eigenvalue weighted by Crippen LogP contribution is 2.30. The lowest BCUT2D eigenvalue weighted by Gasteiger charge is -2.26. The normalized spacial score (nSPS) is 11.8. The van der Waals surface area contributed by atoms with Crippen LogP contribution in [0.1, 0.15) is 135 Å². The zero-order valence-electron chi connectivity index (χ0n) is 21.4. The van der Waals surface area contributed by atoms with Crippen LogP contribution < -0.4 is 0 Å². The summed E-state index contributed by atoms with van der Waals surface area (Å²) in [4.78, 5) is 0. The Bertz CT molecular complexity index is 476. The first-order valence-corrected chi connectivity index (χ1v) is 13.8. The number of unbranched alkanes of at least 4 members (excludes halogenated alkanes) is 12. The second kappa shape index (κ2) is 19.8. The Hall–Kier alpha value is -0.820. The largest absolute Gasteiger partial charge is 0.381 e. The molecule has 1 aromatic carbocycles. The molecule has 0 spiro atoms. The second-order valence-electron chi connectivity index (χ2n) is 10.1. The number of benzene rings is 1. The van der Waals surface area contributed by atoms with Gasteiger partial charge in [-0.3, -0.25) is 0 Å². The van der Waals surface area contributed by atoms with Crippen LogP contribution in [0.5, 0.6) is 0 Å². The molecule has 1 nitrogen and oxygen atoms in total. The number of ether oxygens (including phenoxy) is 1. The Kier molecular flexibility index (Phi) is 18.1. The third-order valence-electron chi connectivity index (χ3n) is 7.37. The van der Waals surface area contributed by atoms with Crippen LogP contribution in [0.3, 0.4) is 0 Å². The average Bonchev–Trinajstić information content (AvgIpc) is 2.81. The van der Waals surface area contributed by atoms with Gasteiger partial charge in [-0.05, 0) is 43.1 Å². The predicted molar refractivity (Wildman–Crippen MR) is 139 cm³/mol. The topological polar surface area (TPSA) is 9.23 Å². The van der Waals surface area contributed by atoms with E-state index in [4.69, 9.17) is 4.74 Å². The van der Waals surface area contributed by atoms with Crippen molar-refractivity contribution < 1.29 is 4.74 Å². The third-order valence-corrected chi connectivity index (χ3v) is 7.37. The highest BCUT2D eigenvalue weighted by Gasteiger charge is 2.18. The molecule has 0 heterocycles. The van der Waals surface area contributed by atoms with Crippen LogP contribution in [-0.2, 0) is 11.2 Å². The van der Waals surface area contributed by atoms with Crippen molar-refractivity contribution in [2.24, 2.45) is 5.41 Å². The SMILES string of the molecule is CCC(C)(CC)CCCOCCCCCCCCCCCCCCCc1ccccc1. The van der Waals surface area contributed by atoms with Crippen LogP contribution in [-0.4, -0.2) is 13.2 Å². The fraction of sp³-hybridized carbons (Fsp3) is 0.800. The van der Waals surface area contributed by atoms with Gasteiger partial charge in [0.15, 0.2) is 0 Å². The summed E-state index contributed by atoms with van der Waals surface area (Å²) in [5, 5.41) is 0. The van der Waals surface area contributed by atoms with Crippen molar-refractivity contribution in [2.45, 2.75) is 136 Å². The smallest absolute Gasteiger partial charge is 0.0466 e. The van der Waals surface area contributed by atoms with E-state index in [0.29, 0.717) is 5.41 Å². The molecule has 180 valence electrons. The van der Waals surface area contributed by atoms with Crippen molar-refractivity contribution >= 4 is 0 Å². The van der Waals surface area contributed by atoms with Crippen LogP contribution in [0.4, 0.5) is 0 Å². The monoisotopic (exact) mass is 430 g/mol. The van der Waals surface area contributed by atoms with E-state index in [-0.39, 0.29) is 0 Å². The summed E-state index contributed by atoms with van der Waals surface area (Å²) < 4.78 is 5.85. The number of aryl methyl sites for hydroxylation is 1. The quantitative estimate of drug-likeness (QED) is 0.166. The van der Waals surface area contributed by atoms with Gasteiger partial charge < -0.3 is 4.74 Å². The van der Waals surface area contributed by atoms with E-state index in [1.165, 1.54) is 121 Å². The molecule has 0 saturated carbocycles. The Balaban J connectivity index is 1.72. The van der Waals surface area contributed by atoms with Crippen LogP contribution in [0.15, 0.2) is 30.3 Å². The molecule has 0 aliphatic heterocycles. The standard InChI is InChI=1S/C30H54O/c1-4-30(3,5-2)26-22-28-31-27-21-16-14-12-10-8-6-7-9-11-13-15-18-23-29-24-19-17-20-25-29/h17,19-20,24-25H,4-16,18,21-23,26-28H2,1-3H3.